The fraction of sp³-hybridized carbons (Fsp3) is 0.261. The maximum atomic E-state index is 13.2. The Bertz CT molecular complexity index is 1240. The molecule has 1 fully saturated rings. The van der Waals surface area contributed by atoms with Crippen LogP contribution in [0.5, 0.6) is 0 Å². The van der Waals surface area contributed by atoms with Gasteiger partial charge in [0.1, 0.15) is 11.3 Å². The number of hydrogen-bond donors (Lipinski definition) is 2. The number of urea groups is 1. The molecule has 34 heavy (non-hydrogen) atoms. The number of imide groups is 1. The monoisotopic (exact) mass is 480 g/mol. The first-order valence-electron chi connectivity index (χ1n) is 10.6. The van der Waals surface area contributed by atoms with Gasteiger partial charge in [-0.25, -0.2) is 4.79 Å². The maximum Gasteiger partial charge on any atom is 0.344 e. The fourth-order valence-corrected chi connectivity index (χ4v) is 4.57. The van der Waals surface area contributed by atoms with Crippen LogP contribution in [0.4, 0.5) is 4.79 Å². The zero-order valence-corrected chi connectivity index (χ0v) is 19.6. The van der Waals surface area contributed by atoms with Crippen molar-refractivity contribution >= 4 is 29.6 Å². The Morgan fingerprint density at radius 2 is 2.03 bits per heavy atom. The smallest absolute Gasteiger partial charge is 0.344 e. The molecule has 3 aromatic rings. The van der Waals surface area contributed by atoms with Gasteiger partial charge in [-0.2, -0.15) is 5.01 Å². The number of amides is 4. The van der Waals surface area contributed by atoms with Crippen molar-refractivity contribution in [2.24, 2.45) is 0 Å². The number of carbonyl (C=O) groups is 3. The molecule has 3 heterocycles. The molecule has 0 radical (unpaired) electrons. The number of hydrogen-bond acceptors (Lipinski definition) is 7. The third-order valence-electron chi connectivity index (χ3n) is 5.59. The summed E-state index contributed by atoms with van der Waals surface area (Å²) in [4.78, 5) is 38.4. The molecule has 0 bridgehead atoms. The lowest BCUT2D eigenvalue weighted by molar-refractivity contribution is -0.138. The zero-order valence-electron chi connectivity index (χ0n) is 18.8. The summed E-state index contributed by atoms with van der Waals surface area (Å²) in [5.74, 6) is 0.156. The van der Waals surface area contributed by atoms with Crippen LogP contribution in [0.25, 0.3) is 11.4 Å². The van der Waals surface area contributed by atoms with Crippen molar-refractivity contribution in [3.63, 3.8) is 0 Å². The second-order valence-electron chi connectivity index (χ2n) is 7.62. The summed E-state index contributed by atoms with van der Waals surface area (Å²) in [6.07, 6.45) is 3.61. The number of nitrogens with zero attached hydrogens (tertiary/aromatic N) is 4. The van der Waals surface area contributed by atoms with Crippen LogP contribution in [0.15, 0.2) is 64.9 Å². The molecule has 1 unspecified atom stereocenters. The van der Waals surface area contributed by atoms with Crippen molar-refractivity contribution in [1.29, 1.82) is 0 Å². The normalized spacial score (nSPS) is 17.6. The standard InChI is InChI=1S/C23H24N6O4S/c1-4-12-28-19(17-11-13-33-15(17)3)25-26-22(28)34-14-18(30)27-29-20(31)23(5-2,24-21(29)32)16-9-7-6-8-10-16/h4,6-11,13H,1,5,12,14H2,2-3H3,(H,24,32)(H,27,30). The van der Waals surface area contributed by atoms with E-state index in [0.29, 0.717) is 35.3 Å². The van der Waals surface area contributed by atoms with Gasteiger partial charge in [0.05, 0.1) is 17.6 Å². The molecule has 1 atom stereocenters. The Labute approximate surface area is 200 Å². The number of benzene rings is 1. The molecule has 2 aromatic heterocycles. The molecule has 0 spiro atoms. The van der Waals surface area contributed by atoms with Crippen LogP contribution in [-0.4, -0.2) is 43.4 Å². The minimum absolute atomic E-state index is 0.0822. The summed E-state index contributed by atoms with van der Waals surface area (Å²) in [6, 6.07) is 10.1. The number of allylic oxidation sites excluding steroid dienone is 1. The predicted molar refractivity (Wildman–Crippen MR) is 125 cm³/mol. The lowest BCUT2D eigenvalue weighted by Gasteiger charge is -2.25. The summed E-state index contributed by atoms with van der Waals surface area (Å²) in [7, 11) is 0. The second-order valence-corrected chi connectivity index (χ2v) is 8.56. The minimum atomic E-state index is -1.22. The van der Waals surface area contributed by atoms with Gasteiger partial charge >= 0.3 is 6.03 Å². The van der Waals surface area contributed by atoms with Crippen LogP contribution in [-0.2, 0) is 21.7 Å². The number of aromatic nitrogens is 3. The number of furan rings is 1. The summed E-state index contributed by atoms with van der Waals surface area (Å²) in [5.41, 5.74) is 2.65. The van der Waals surface area contributed by atoms with Crippen molar-refractivity contribution in [2.45, 2.75) is 37.5 Å². The van der Waals surface area contributed by atoms with Crippen LogP contribution >= 0.6 is 11.8 Å². The van der Waals surface area contributed by atoms with Crippen molar-refractivity contribution in [3.05, 3.63) is 66.6 Å². The van der Waals surface area contributed by atoms with E-state index in [1.165, 1.54) is 0 Å². The Morgan fingerprint density at radius 3 is 2.68 bits per heavy atom. The van der Waals surface area contributed by atoms with Gasteiger partial charge in [-0.1, -0.05) is 55.1 Å². The van der Waals surface area contributed by atoms with Gasteiger partial charge in [-0.3, -0.25) is 19.6 Å². The van der Waals surface area contributed by atoms with Gasteiger partial charge in [0.2, 0.25) is 5.91 Å². The minimum Gasteiger partial charge on any atom is -0.469 e. The first-order chi connectivity index (χ1) is 16.4. The molecule has 4 rings (SSSR count). The molecule has 1 aromatic carbocycles. The lowest BCUT2D eigenvalue weighted by Crippen LogP contribution is -2.49. The molecular formula is C23H24N6O4S. The molecule has 0 saturated carbocycles. The number of thioether (sulfide) groups is 1. The van der Waals surface area contributed by atoms with E-state index in [9.17, 15) is 14.4 Å². The highest BCUT2D eigenvalue weighted by Gasteiger charge is 2.52. The van der Waals surface area contributed by atoms with Crippen LogP contribution in [0.2, 0.25) is 0 Å². The fourth-order valence-electron chi connectivity index (χ4n) is 3.83. The number of hydrazine groups is 1. The van der Waals surface area contributed by atoms with Crippen molar-refractivity contribution in [2.75, 3.05) is 5.75 Å². The molecule has 176 valence electrons. The van der Waals surface area contributed by atoms with E-state index in [-0.39, 0.29) is 5.75 Å². The number of nitrogens with one attached hydrogen (secondary N) is 2. The summed E-state index contributed by atoms with van der Waals surface area (Å²) in [6.45, 7) is 7.83. The predicted octanol–water partition coefficient (Wildman–Crippen LogP) is 3.01. The summed E-state index contributed by atoms with van der Waals surface area (Å²) >= 11 is 1.14. The van der Waals surface area contributed by atoms with Gasteiger partial charge in [0.15, 0.2) is 11.0 Å². The third kappa shape index (κ3) is 4.10. The first-order valence-corrected chi connectivity index (χ1v) is 11.6. The van der Waals surface area contributed by atoms with E-state index < -0.39 is 23.4 Å². The highest BCUT2D eigenvalue weighted by atomic mass is 32.2. The van der Waals surface area contributed by atoms with Crippen molar-refractivity contribution < 1.29 is 18.8 Å². The average molecular weight is 481 g/mol. The van der Waals surface area contributed by atoms with Gasteiger partial charge in [0.25, 0.3) is 5.91 Å². The first kappa shape index (κ1) is 23.3. The molecule has 1 saturated heterocycles. The molecule has 11 heteroatoms. The summed E-state index contributed by atoms with van der Waals surface area (Å²) < 4.78 is 7.17. The second kappa shape index (κ2) is 9.56. The van der Waals surface area contributed by atoms with E-state index in [0.717, 1.165) is 22.3 Å². The van der Waals surface area contributed by atoms with Crippen LogP contribution in [0.3, 0.4) is 0 Å². The van der Waals surface area contributed by atoms with E-state index in [4.69, 9.17) is 4.42 Å². The van der Waals surface area contributed by atoms with E-state index >= 15 is 0 Å². The van der Waals surface area contributed by atoms with Gasteiger partial charge in [-0.15, -0.1) is 16.8 Å². The van der Waals surface area contributed by atoms with Gasteiger partial charge in [0, 0.05) is 6.54 Å². The van der Waals surface area contributed by atoms with Crippen LogP contribution in [0.1, 0.15) is 24.7 Å². The molecule has 1 aliphatic heterocycles. The third-order valence-corrected chi connectivity index (χ3v) is 6.55. The maximum absolute atomic E-state index is 13.2. The van der Waals surface area contributed by atoms with Gasteiger partial charge in [-0.05, 0) is 25.0 Å². The highest BCUT2D eigenvalue weighted by Crippen LogP contribution is 2.32. The van der Waals surface area contributed by atoms with Crippen LogP contribution < -0.4 is 10.7 Å². The van der Waals surface area contributed by atoms with Crippen molar-refractivity contribution in [3.8, 4) is 11.4 Å². The van der Waals surface area contributed by atoms with Crippen LogP contribution in [0, 0.1) is 6.92 Å². The number of aryl methyl sites for hydroxylation is 1. The SMILES string of the molecule is C=CCn1c(SCC(=O)NN2C(=O)NC(CC)(c3ccccc3)C2=O)nnc1-c1ccoc1C. The molecule has 2 N–H and O–H groups in total. The summed E-state index contributed by atoms with van der Waals surface area (Å²) in [5, 5.41) is 12.4. The zero-order chi connectivity index (χ0) is 24.3. The highest BCUT2D eigenvalue weighted by molar-refractivity contribution is 7.99. The Morgan fingerprint density at radius 1 is 1.26 bits per heavy atom. The van der Waals surface area contributed by atoms with E-state index in [1.807, 2.05) is 17.6 Å². The van der Waals surface area contributed by atoms with Crippen molar-refractivity contribution in [1.82, 2.24) is 30.5 Å². The van der Waals surface area contributed by atoms with Gasteiger partial charge < -0.3 is 9.73 Å². The molecule has 10 nitrogen and oxygen atoms in total. The Hall–Kier alpha value is -3.86. The average Bonchev–Trinajstić information content (AvgIpc) is 3.51. The molecule has 4 amide bonds. The van der Waals surface area contributed by atoms with E-state index in [1.54, 1.807) is 49.6 Å². The number of carbonyl (C=O) groups excluding carboxylic acids is 3. The molecule has 1 aliphatic rings. The Kier molecular flexibility index (Phi) is 6.55. The lowest BCUT2D eigenvalue weighted by atomic mass is 9.87. The largest absolute Gasteiger partial charge is 0.469 e. The quantitative estimate of drug-likeness (QED) is 0.274. The topological polar surface area (TPSA) is 122 Å². The van der Waals surface area contributed by atoms with E-state index in [2.05, 4.69) is 27.5 Å². The molecule has 0 aliphatic carbocycles. The number of rotatable bonds is 9. The Balaban J connectivity index is 1.46. The molecular weight excluding hydrogens is 456 g/mol.